The van der Waals surface area contributed by atoms with Gasteiger partial charge in [0.2, 0.25) is 0 Å². The predicted octanol–water partition coefficient (Wildman–Crippen LogP) is 3.43. The van der Waals surface area contributed by atoms with Crippen LogP contribution in [0.3, 0.4) is 0 Å². The number of carbonyl (C=O) groups excluding carboxylic acids is 1. The summed E-state index contributed by atoms with van der Waals surface area (Å²) in [5, 5.41) is 0. The molecule has 0 aromatic rings. The molecule has 1 fully saturated rings. The molecule has 0 aromatic carbocycles. The SMILES string of the molecule is CC1CC(C)N(C(=O)OC(C)(C)C)[C@H](C)C1. The molecule has 3 nitrogen and oxygen atoms in total. The van der Waals surface area contributed by atoms with Crippen LogP contribution in [0, 0.1) is 5.92 Å². The smallest absolute Gasteiger partial charge is 0.410 e. The number of hydrogen-bond acceptors (Lipinski definition) is 2. The average molecular weight is 227 g/mol. The fourth-order valence-electron chi connectivity index (χ4n) is 2.60. The Labute approximate surface area is 99.1 Å². The van der Waals surface area contributed by atoms with Crippen molar-refractivity contribution in [3.63, 3.8) is 0 Å². The number of rotatable bonds is 0. The molecule has 1 aliphatic rings. The van der Waals surface area contributed by atoms with E-state index in [9.17, 15) is 4.79 Å². The molecule has 1 rings (SSSR count). The first-order valence-corrected chi connectivity index (χ1v) is 6.22. The molecular formula is C13H25NO2. The van der Waals surface area contributed by atoms with Crippen molar-refractivity contribution in [2.75, 3.05) is 0 Å². The quantitative estimate of drug-likeness (QED) is 0.634. The highest BCUT2D eigenvalue weighted by Crippen LogP contribution is 2.28. The molecule has 0 radical (unpaired) electrons. The summed E-state index contributed by atoms with van der Waals surface area (Å²) in [6, 6.07) is 0.571. The van der Waals surface area contributed by atoms with Crippen molar-refractivity contribution in [2.24, 2.45) is 5.92 Å². The van der Waals surface area contributed by atoms with Gasteiger partial charge in [0.25, 0.3) is 0 Å². The third-order valence-electron chi connectivity index (χ3n) is 3.04. The van der Waals surface area contributed by atoms with Crippen LogP contribution in [0.5, 0.6) is 0 Å². The van der Waals surface area contributed by atoms with E-state index >= 15 is 0 Å². The summed E-state index contributed by atoms with van der Waals surface area (Å²) in [6.07, 6.45) is 1.98. The summed E-state index contributed by atoms with van der Waals surface area (Å²) in [4.78, 5) is 13.9. The van der Waals surface area contributed by atoms with E-state index in [0.29, 0.717) is 5.92 Å². The van der Waals surface area contributed by atoms with Crippen molar-refractivity contribution in [3.8, 4) is 0 Å². The maximum absolute atomic E-state index is 12.0. The monoisotopic (exact) mass is 227 g/mol. The maximum atomic E-state index is 12.0. The molecule has 2 unspecified atom stereocenters. The van der Waals surface area contributed by atoms with E-state index < -0.39 is 5.60 Å². The predicted molar refractivity (Wildman–Crippen MR) is 65.4 cm³/mol. The molecular weight excluding hydrogens is 202 g/mol. The normalized spacial score (nSPS) is 31.4. The van der Waals surface area contributed by atoms with Crippen LogP contribution in [0.15, 0.2) is 0 Å². The summed E-state index contributed by atoms with van der Waals surface area (Å²) in [6.45, 7) is 12.2. The molecule has 0 bridgehead atoms. The van der Waals surface area contributed by atoms with Crippen LogP contribution in [-0.2, 0) is 4.74 Å². The van der Waals surface area contributed by atoms with E-state index in [1.807, 2.05) is 25.7 Å². The zero-order valence-corrected chi connectivity index (χ0v) is 11.4. The van der Waals surface area contributed by atoms with E-state index in [1.165, 1.54) is 0 Å². The lowest BCUT2D eigenvalue weighted by Crippen LogP contribution is -2.51. The Morgan fingerprint density at radius 1 is 1.12 bits per heavy atom. The van der Waals surface area contributed by atoms with Crippen molar-refractivity contribution in [2.45, 2.75) is 72.1 Å². The van der Waals surface area contributed by atoms with E-state index in [1.54, 1.807) is 0 Å². The van der Waals surface area contributed by atoms with Crippen molar-refractivity contribution >= 4 is 6.09 Å². The molecule has 1 saturated heterocycles. The third kappa shape index (κ3) is 3.39. The average Bonchev–Trinajstić information content (AvgIpc) is 1.96. The molecule has 16 heavy (non-hydrogen) atoms. The van der Waals surface area contributed by atoms with Crippen LogP contribution in [0.4, 0.5) is 4.79 Å². The highest BCUT2D eigenvalue weighted by molar-refractivity contribution is 5.69. The number of nitrogens with zero attached hydrogens (tertiary/aromatic N) is 1. The van der Waals surface area contributed by atoms with Gasteiger partial charge in [0.15, 0.2) is 0 Å². The molecule has 94 valence electrons. The minimum Gasteiger partial charge on any atom is -0.444 e. The van der Waals surface area contributed by atoms with Gasteiger partial charge >= 0.3 is 6.09 Å². The molecule has 0 N–H and O–H groups in total. The minimum absolute atomic E-state index is 0.167. The van der Waals surface area contributed by atoms with Crippen molar-refractivity contribution in [1.82, 2.24) is 4.90 Å². The van der Waals surface area contributed by atoms with Crippen LogP contribution in [0.1, 0.15) is 54.4 Å². The highest BCUT2D eigenvalue weighted by Gasteiger charge is 2.34. The molecule has 0 aromatic heterocycles. The van der Waals surface area contributed by atoms with Gasteiger partial charge < -0.3 is 9.64 Å². The molecule has 1 aliphatic heterocycles. The zero-order chi connectivity index (χ0) is 12.5. The van der Waals surface area contributed by atoms with Crippen LogP contribution in [0.25, 0.3) is 0 Å². The third-order valence-corrected chi connectivity index (χ3v) is 3.04. The maximum Gasteiger partial charge on any atom is 0.410 e. The van der Waals surface area contributed by atoms with Gasteiger partial charge in [-0.05, 0) is 53.4 Å². The molecule has 3 heteroatoms. The minimum atomic E-state index is -0.403. The first kappa shape index (κ1) is 13.3. The second-order valence-electron chi connectivity index (χ2n) is 6.16. The number of likely N-dealkylation sites (tertiary alicyclic amines) is 1. The van der Waals surface area contributed by atoms with Gasteiger partial charge in [-0.2, -0.15) is 0 Å². The highest BCUT2D eigenvalue weighted by atomic mass is 16.6. The van der Waals surface area contributed by atoms with Gasteiger partial charge in [-0.15, -0.1) is 0 Å². The van der Waals surface area contributed by atoms with Gasteiger partial charge in [-0.3, -0.25) is 0 Å². The Morgan fingerprint density at radius 3 is 1.94 bits per heavy atom. The molecule has 1 amide bonds. The lowest BCUT2D eigenvalue weighted by atomic mass is 9.89. The zero-order valence-electron chi connectivity index (χ0n) is 11.4. The molecule has 0 aliphatic carbocycles. The molecule has 0 saturated carbocycles. The second kappa shape index (κ2) is 4.64. The fraction of sp³-hybridized carbons (Fsp3) is 0.923. The summed E-state index contributed by atoms with van der Waals surface area (Å²) in [5.74, 6) is 0.698. The van der Waals surface area contributed by atoms with Crippen LogP contribution < -0.4 is 0 Å². The number of amides is 1. The number of piperidine rings is 1. The first-order chi connectivity index (χ1) is 7.20. The first-order valence-electron chi connectivity index (χ1n) is 6.22. The summed E-state index contributed by atoms with van der Waals surface area (Å²) in [7, 11) is 0. The van der Waals surface area contributed by atoms with Gasteiger partial charge in [0.1, 0.15) is 5.60 Å². The molecule has 0 spiro atoms. The van der Waals surface area contributed by atoms with E-state index in [0.717, 1.165) is 12.8 Å². The standard InChI is InChI=1S/C13H25NO2/c1-9-7-10(2)14(11(3)8-9)12(15)16-13(4,5)6/h9-11H,7-8H2,1-6H3/t9?,10-,11?/m1/s1. The topological polar surface area (TPSA) is 29.5 Å². The van der Waals surface area contributed by atoms with E-state index in [-0.39, 0.29) is 18.2 Å². The lowest BCUT2D eigenvalue weighted by Gasteiger charge is -2.42. The Bertz CT molecular complexity index is 245. The van der Waals surface area contributed by atoms with Crippen LogP contribution in [-0.4, -0.2) is 28.7 Å². The van der Waals surface area contributed by atoms with Crippen molar-refractivity contribution in [1.29, 1.82) is 0 Å². The Kier molecular flexibility index (Phi) is 3.87. The Balaban J connectivity index is 2.67. The number of ether oxygens (including phenoxy) is 1. The summed E-state index contributed by atoms with van der Waals surface area (Å²) in [5.41, 5.74) is -0.403. The van der Waals surface area contributed by atoms with E-state index in [2.05, 4.69) is 20.8 Å². The number of carbonyl (C=O) groups is 1. The summed E-state index contributed by atoms with van der Waals surface area (Å²) < 4.78 is 5.44. The largest absolute Gasteiger partial charge is 0.444 e. The second-order valence-corrected chi connectivity index (χ2v) is 6.16. The van der Waals surface area contributed by atoms with Crippen molar-refractivity contribution < 1.29 is 9.53 Å². The molecule has 3 atom stereocenters. The van der Waals surface area contributed by atoms with Gasteiger partial charge in [0.05, 0.1) is 0 Å². The van der Waals surface area contributed by atoms with Crippen LogP contribution in [0.2, 0.25) is 0 Å². The van der Waals surface area contributed by atoms with E-state index in [4.69, 9.17) is 4.74 Å². The Hall–Kier alpha value is -0.730. The van der Waals surface area contributed by atoms with Gasteiger partial charge in [0, 0.05) is 12.1 Å². The molecule has 1 heterocycles. The summed E-state index contributed by atoms with van der Waals surface area (Å²) >= 11 is 0. The van der Waals surface area contributed by atoms with Gasteiger partial charge in [-0.1, -0.05) is 6.92 Å². The van der Waals surface area contributed by atoms with Gasteiger partial charge in [-0.25, -0.2) is 4.79 Å². The fourth-order valence-corrected chi connectivity index (χ4v) is 2.60. The lowest BCUT2D eigenvalue weighted by molar-refractivity contribution is -0.00591. The van der Waals surface area contributed by atoms with Crippen LogP contribution >= 0.6 is 0 Å². The number of hydrogen-bond donors (Lipinski definition) is 0. The van der Waals surface area contributed by atoms with Crippen molar-refractivity contribution in [3.05, 3.63) is 0 Å². The Morgan fingerprint density at radius 2 is 1.56 bits per heavy atom.